The molecule has 10 rings (SSSR count). The summed E-state index contributed by atoms with van der Waals surface area (Å²) < 4.78 is 5.21. The number of aromatic nitrogens is 1. The molecule has 9 aromatic rings. The Balaban J connectivity index is 1.25. The van der Waals surface area contributed by atoms with Gasteiger partial charge in [-0.05, 0) is 78.7 Å². The van der Waals surface area contributed by atoms with E-state index in [1.165, 1.54) is 68.6 Å². The van der Waals surface area contributed by atoms with Gasteiger partial charge < -0.3 is 9.47 Å². The van der Waals surface area contributed by atoms with Crippen molar-refractivity contribution in [3.63, 3.8) is 0 Å². The van der Waals surface area contributed by atoms with E-state index in [1.807, 2.05) is 11.3 Å². The number of nitrogens with zero attached hydrogens (tertiary/aromatic N) is 2. The van der Waals surface area contributed by atoms with Crippen LogP contribution in [-0.2, 0) is 0 Å². The normalized spacial score (nSPS) is 14.0. The highest BCUT2D eigenvalue weighted by Gasteiger charge is 2.35. The SMILES string of the molecule is CS1(C)c2cc(N(c3ccccc3)c3cccc4c5ccccc5n(-c5ccccc5)c34)ccc2-c2c1ccc1c2sc2ccccc21. The van der Waals surface area contributed by atoms with Crippen molar-refractivity contribution in [1.29, 1.82) is 0 Å². The summed E-state index contributed by atoms with van der Waals surface area (Å²) in [5, 5.41) is 5.23. The number of fused-ring (bicyclic) bond motifs is 10. The van der Waals surface area contributed by atoms with Gasteiger partial charge >= 0.3 is 0 Å². The molecule has 0 amide bonds. The Morgan fingerprint density at radius 3 is 2.08 bits per heavy atom. The molecule has 1 aliphatic rings. The molecule has 0 saturated heterocycles. The summed E-state index contributed by atoms with van der Waals surface area (Å²) in [4.78, 5) is 5.41. The predicted octanol–water partition coefficient (Wildman–Crippen LogP) is 13.1. The lowest BCUT2D eigenvalue weighted by atomic mass is 10.0. The number of rotatable bonds is 4. The molecular formula is C44H32N2S2. The number of hydrogen-bond donors (Lipinski definition) is 0. The highest BCUT2D eigenvalue weighted by atomic mass is 32.3. The van der Waals surface area contributed by atoms with Gasteiger partial charge in [0.1, 0.15) is 0 Å². The van der Waals surface area contributed by atoms with Crippen LogP contribution in [0.25, 0.3) is 58.8 Å². The van der Waals surface area contributed by atoms with E-state index >= 15 is 0 Å². The van der Waals surface area contributed by atoms with Crippen LogP contribution in [-0.4, -0.2) is 17.1 Å². The smallest absolute Gasteiger partial charge is 0.0782 e. The van der Waals surface area contributed by atoms with Crippen molar-refractivity contribution in [2.24, 2.45) is 0 Å². The topological polar surface area (TPSA) is 8.17 Å². The average Bonchev–Trinajstić information content (AvgIpc) is 3.75. The van der Waals surface area contributed by atoms with Crippen LogP contribution in [0.2, 0.25) is 0 Å². The maximum Gasteiger partial charge on any atom is 0.0782 e. The molecule has 1 aliphatic heterocycles. The van der Waals surface area contributed by atoms with Gasteiger partial charge in [0.2, 0.25) is 0 Å². The molecule has 0 unspecified atom stereocenters. The van der Waals surface area contributed by atoms with E-state index in [2.05, 4.69) is 180 Å². The highest BCUT2D eigenvalue weighted by molar-refractivity contribution is 8.33. The lowest BCUT2D eigenvalue weighted by Crippen LogP contribution is -2.12. The molecule has 0 fully saturated rings. The van der Waals surface area contributed by atoms with E-state index < -0.39 is 10.0 Å². The van der Waals surface area contributed by atoms with E-state index in [4.69, 9.17) is 0 Å². The van der Waals surface area contributed by atoms with Crippen LogP contribution in [0.15, 0.2) is 168 Å². The molecule has 2 nitrogen and oxygen atoms in total. The van der Waals surface area contributed by atoms with Gasteiger partial charge in [0.05, 0.1) is 16.7 Å². The maximum absolute atomic E-state index is 2.49. The average molecular weight is 653 g/mol. The number of benzene rings is 7. The van der Waals surface area contributed by atoms with E-state index in [9.17, 15) is 0 Å². The summed E-state index contributed by atoms with van der Waals surface area (Å²) in [5.74, 6) is 0. The fraction of sp³-hybridized carbons (Fsp3) is 0.0455. The van der Waals surface area contributed by atoms with Crippen molar-refractivity contribution in [2.45, 2.75) is 9.79 Å². The minimum Gasteiger partial charge on any atom is -0.308 e. The fourth-order valence-electron chi connectivity index (χ4n) is 7.88. The van der Waals surface area contributed by atoms with Gasteiger partial charge in [0.15, 0.2) is 0 Å². The van der Waals surface area contributed by atoms with Crippen molar-refractivity contribution in [1.82, 2.24) is 4.57 Å². The standard InChI is InChI=1S/C44H32N2S2/c1-48(2)40-27-26-35-33-19-10-12-23-39(33)47-44(35)42(40)36-25-24-31(28-41(36)48)45(29-14-5-3-6-15-29)38-22-13-20-34-32-18-9-11-21-37(32)46(43(34)38)30-16-7-4-8-17-30/h3-28H,1-2H3. The zero-order valence-corrected chi connectivity index (χ0v) is 28.4. The summed E-state index contributed by atoms with van der Waals surface area (Å²) in [6.45, 7) is 0. The summed E-state index contributed by atoms with van der Waals surface area (Å²) in [7, 11) is -1.25. The molecule has 0 radical (unpaired) electrons. The molecule has 7 aromatic carbocycles. The van der Waals surface area contributed by atoms with Gasteiger partial charge in [0, 0.05) is 63.4 Å². The van der Waals surface area contributed by atoms with E-state index in [1.54, 1.807) is 0 Å². The number of thiophene rings is 1. The third kappa shape index (κ3) is 3.88. The second kappa shape index (κ2) is 10.4. The van der Waals surface area contributed by atoms with Gasteiger partial charge in [-0.25, -0.2) is 0 Å². The lowest BCUT2D eigenvalue weighted by molar-refractivity contribution is 1.16. The van der Waals surface area contributed by atoms with Crippen molar-refractivity contribution in [3.8, 4) is 16.8 Å². The molecule has 48 heavy (non-hydrogen) atoms. The third-order valence-electron chi connectivity index (χ3n) is 10.0. The van der Waals surface area contributed by atoms with Crippen LogP contribution in [0.1, 0.15) is 0 Å². The molecule has 3 heterocycles. The Morgan fingerprint density at radius 2 is 1.25 bits per heavy atom. The van der Waals surface area contributed by atoms with Crippen LogP contribution < -0.4 is 4.90 Å². The van der Waals surface area contributed by atoms with Gasteiger partial charge in [-0.15, -0.1) is 11.3 Å². The summed E-state index contributed by atoms with van der Waals surface area (Å²) in [6.07, 6.45) is 4.95. The second-order valence-corrected chi connectivity index (χ2v) is 17.5. The highest BCUT2D eigenvalue weighted by Crippen LogP contribution is 2.69. The molecule has 230 valence electrons. The summed E-state index contributed by atoms with van der Waals surface area (Å²) in [6, 6.07) is 58.0. The number of anilines is 3. The van der Waals surface area contributed by atoms with Gasteiger partial charge in [0.25, 0.3) is 0 Å². The Bertz CT molecular complexity index is 2700. The Hall–Kier alpha value is -5.29. The number of hydrogen-bond acceptors (Lipinski definition) is 2. The Labute approximate surface area is 285 Å². The zero-order valence-electron chi connectivity index (χ0n) is 26.7. The molecule has 0 aliphatic carbocycles. The number of para-hydroxylation sites is 4. The van der Waals surface area contributed by atoms with Gasteiger partial charge in [-0.2, -0.15) is 10.0 Å². The first-order valence-corrected chi connectivity index (χ1v) is 19.6. The first-order valence-electron chi connectivity index (χ1n) is 16.3. The van der Waals surface area contributed by atoms with Crippen molar-refractivity contribution in [3.05, 3.63) is 158 Å². The molecule has 0 spiro atoms. The largest absolute Gasteiger partial charge is 0.308 e. The fourth-order valence-corrected chi connectivity index (χ4v) is 11.7. The van der Waals surface area contributed by atoms with Crippen LogP contribution in [0.5, 0.6) is 0 Å². The first-order chi connectivity index (χ1) is 23.6. The Morgan fingerprint density at radius 1 is 0.542 bits per heavy atom. The minimum atomic E-state index is -1.25. The summed E-state index contributed by atoms with van der Waals surface area (Å²) in [5.41, 5.74) is 9.88. The first kappa shape index (κ1) is 27.8. The molecule has 0 saturated carbocycles. The van der Waals surface area contributed by atoms with Crippen molar-refractivity contribution >= 4 is 80.4 Å². The van der Waals surface area contributed by atoms with Crippen molar-refractivity contribution < 1.29 is 0 Å². The van der Waals surface area contributed by atoms with E-state index in [0.717, 1.165) is 17.1 Å². The second-order valence-electron chi connectivity index (χ2n) is 13.0. The molecule has 0 N–H and O–H groups in total. The molecule has 4 heteroatoms. The van der Waals surface area contributed by atoms with Crippen LogP contribution >= 0.6 is 21.4 Å². The molecular weight excluding hydrogens is 621 g/mol. The molecule has 0 atom stereocenters. The third-order valence-corrected chi connectivity index (χ3v) is 14.1. The van der Waals surface area contributed by atoms with Crippen LogP contribution in [0, 0.1) is 0 Å². The van der Waals surface area contributed by atoms with Crippen LogP contribution in [0.4, 0.5) is 17.1 Å². The predicted molar refractivity (Wildman–Crippen MR) is 210 cm³/mol. The quantitative estimate of drug-likeness (QED) is 0.184. The molecule has 0 bridgehead atoms. The zero-order chi connectivity index (χ0) is 32.0. The van der Waals surface area contributed by atoms with Gasteiger partial charge in [-0.3, -0.25) is 0 Å². The van der Waals surface area contributed by atoms with Crippen LogP contribution in [0.3, 0.4) is 0 Å². The Kier molecular flexibility index (Phi) is 5.99. The lowest BCUT2D eigenvalue weighted by Gasteiger charge is -2.31. The van der Waals surface area contributed by atoms with Crippen molar-refractivity contribution in [2.75, 3.05) is 17.4 Å². The molecule has 2 aromatic heterocycles. The monoisotopic (exact) mass is 652 g/mol. The van der Waals surface area contributed by atoms with Gasteiger partial charge in [-0.1, -0.05) is 97.1 Å². The summed E-state index contributed by atoms with van der Waals surface area (Å²) >= 11 is 1.94. The van der Waals surface area contributed by atoms with E-state index in [0.29, 0.717) is 0 Å². The van der Waals surface area contributed by atoms with E-state index in [-0.39, 0.29) is 0 Å². The maximum atomic E-state index is 2.49. The minimum absolute atomic E-state index is 1.14.